The minimum absolute atomic E-state index is 0.0817. The van der Waals surface area contributed by atoms with Crippen molar-refractivity contribution < 1.29 is 14.7 Å². The van der Waals surface area contributed by atoms with E-state index in [9.17, 15) is 9.59 Å². The minimum atomic E-state index is -1.01. The van der Waals surface area contributed by atoms with Gasteiger partial charge in [-0.3, -0.25) is 9.59 Å². The van der Waals surface area contributed by atoms with E-state index in [1.165, 1.54) is 0 Å². The molecule has 1 radical (unpaired) electrons. The lowest BCUT2D eigenvalue weighted by Crippen LogP contribution is -2.12. The Labute approximate surface area is 88.8 Å². The maximum absolute atomic E-state index is 11.1. The molecule has 0 saturated heterocycles. The van der Waals surface area contributed by atoms with Gasteiger partial charge in [-0.25, -0.2) is 0 Å². The van der Waals surface area contributed by atoms with Gasteiger partial charge in [0.15, 0.2) is 0 Å². The zero-order valence-corrected chi connectivity index (χ0v) is 8.52. The van der Waals surface area contributed by atoms with E-state index in [1.807, 2.05) is 0 Å². The van der Waals surface area contributed by atoms with Gasteiger partial charge in [0.05, 0.1) is 6.42 Å². The van der Waals surface area contributed by atoms with E-state index >= 15 is 0 Å². The van der Waals surface area contributed by atoms with Gasteiger partial charge in [0.25, 0.3) is 0 Å². The van der Waals surface area contributed by atoms with Gasteiger partial charge in [0.2, 0.25) is 15.4 Å². The molecule has 0 saturated carbocycles. The van der Waals surface area contributed by atoms with Gasteiger partial charge in [-0.15, -0.1) is 10.2 Å². The predicted molar refractivity (Wildman–Crippen MR) is 51.3 cm³/mol. The molecule has 0 aromatic carbocycles. The minimum Gasteiger partial charge on any atom is -0.481 e. The average molecular weight is 232 g/mol. The normalized spacial score (nSPS) is 9.71. The van der Waals surface area contributed by atoms with Crippen LogP contribution in [0.5, 0.6) is 0 Å². The maximum atomic E-state index is 11.1. The number of aliphatic carboxylic acids is 1. The molecule has 0 aliphatic rings. The van der Waals surface area contributed by atoms with Gasteiger partial charge >= 0.3 is 5.97 Å². The molecule has 6 nitrogen and oxygen atoms in total. The molecular weight excluding hydrogens is 226 g/mol. The number of rotatable bonds is 4. The molecule has 0 fully saturated rings. The van der Waals surface area contributed by atoms with Crippen molar-refractivity contribution in [2.24, 2.45) is 0 Å². The summed E-state index contributed by atoms with van der Waals surface area (Å²) in [5.74, 6) is -1.42. The molecule has 0 aliphatic carbocycles. The second-order valence-corrected chi connectivity index (χ2v) is 3.94. The summed E-state index contributed by atoms with van der Waals surface area (Å²) in [6.45, 7) is 0. The van der Waals surface area contributed by atoms with Crippen LogP contribution in [0.15, 0.2) is 4.34 Å². The van der Waals surface area contributed by atoms with E-state index in [1.54, 1.807) is 0 Å². The number of carboxylic acid groups (broad SMARTS) is 1. The van der Waals surface area contributed by atoms with Crippen molar-refractivity contribution >= 4 is 41.0 Å². The van der Waals surface area contributed by atoms with Crippen molar-refractivity contribution in [3.05, 3.63) is 0 Å². The standard InChI is InChI=1S/C6H6N3O3S2/c10-3(1-2-4(11)12)7-5-8-9-6(13)14-5/h1-2H2,(H,11,12)(H,7,8,10). The molecule has 1 aromatic rings. The summed E-state index contributed by atoms with van der Waals surface area (Å²) in [6, 6.07) is 0. The summed E-state index contributed by atoms with van der Waals surface area (Å²) in [4.78, 5) is 21.2. The Morgan fingerprint density at radius 2 is 2.14 bits per heavy atom. The fourth-order valence-corrected chi connectivity index (χ4v) is 1.43. The second kappa shape index (κ2) is 4.82. The molecule has 8 heteroatoms. The number of hydrogen-bond donors (Lipinski definition) is 2. The van der Waals surface area contributed by atoms with Gasteiger partial charge in [-0.2, -0.15) is 0 Å². The smallest absolute Gasteiger partial charge is 0.303 e. The molecule has 0 aliphatic heterocycles. The summed E-state index contributed by atoms with van der Waals surface area (Å²) >= 11 is 5.75. The Morgan fingerprint density at radius 1 is 1.43 bits per heavy atom. The number of anilines is 1. The Kier molecular flexibility index (Phi) is 3.72. The molecule has 2 N–H and O–H groups in total. The largest absolute Gasteiger partial charge is 0.481 e. The van der Waals surface area contributed by atoms with E-state index in [0.717, 1.165) is 11.3 Å². The van der Waals surface area contributed by atoms with Crippen molar-refractivity contribution in [1.82, 2.24) is 10.2 Å². The molecule has 0 atom stereocenters. The lowest BCUT2D eigenvalue weighted by atomic mass is 10.3. The summed E-state index contributed by atoms with van der Waals surface area (Å²) in [7, 11) is 0. The molecule has 1 amide bonds. The van der Waals surface area contributed by atoms with Gasteiger partial charge < -0.3 is 10.4 Å². The molecule has 1 aromatic heterocycles. The molecule has 0 spiro atoms. The molecule has 75 valence electrons. The van der Waals surface area contributed by atoms with Crippen molar-refractivity contribution in [3.8, 4) is 0 Å². The van der Waals surface area contributed by atoms with Crippen LogP contribution in [0.25, 0.3) is 0 Å². The molecule has 0 unspecified atom stereocenters. The quantitative estimate of drug-likeness (QED) is 0.752. The average Bonchev–Trinajstić information content (AvgIpc) is 2.48. The zero-order chi connectivity index (χ0) is 10.6. The summed E-state index contributed by atoms with van der Waals surface area (Å²) in [6.07, 6.45) is -0.285. The summed E-state index contributed by atoms with van der Waals surface area (Å²) < 4.78 is 0.332. The van der Waals surface area contributed by atoms with Crippen LogP contribution in [0.1, 0.15) is 12.8 Å². The Balaban J connectivity index is 2.37. The first-order chi connectivity index (χ1) is 6.58. The lowest BCUT2D eigenvalue weighted by Gasteiger charge is -1.97. The third-order valence-corrected chi connectivity index (χ3v) is 2.18. The monoisotopic (exact) mass is 232 g/mol. The van der Waals surface area contributed by atoms with E-state index in [4.69, 9.17) is 17.7 Å². The summed E-state index contributed by atoms with van der Waals surface area (Å²) in [5, 5.41) is 18.1. The SMILES string of the molecule is O=C(O)CCC(=O)Nc1nnc([S])s1. The van der Waals surface area contributed by atoms with Crippen LogP contribution in [0.4, 0.5) is 5.13 Å². The Bertz CT molecular complexity index is 352. The van der Waals surface area contributed by atoms with Gasteiger partial charge in [0, 0.05) is 6.42 Å². The van der Waals surface area contributed by atoms with Crippen LogP contribution in [0.3, 0.4) is 0 Å². The topological polar surface area (TPSA) is 92.2 Å². The third-order valence-electron chi connectivity index (χ3n) is 1.22. The second-order valence-electron chi connectivity index (χ2n) is 2.32. The first-order valence-corrected chi connectivity index (χ1v) is 4.82. The Hall–Kier alpha value is -1.28. The molecular formula is C6H6N3O3S2. The van der Waals surface area contributed by atoms with E-state index in [2.05, 4.69) is 15.5 Å². The maximum Gasteiger partial charge on any atom is 0.303 e. The van der Waals surface area contributed by atoms with Crippen LogP contribution >= 0.6 is 24.0 Å². The van der Waals surface area contributed by atoms with E-state index in [0.29, 0.717) is 9.47 Å². The zero-order valence-electron chi connectivity index (χ0n) is 6.89. The molecule has 1 heterocycles. The van der Waals surface area contributed by atoms with Crippen molar-refractivity contribution in [2.45, 2.75) is 17.2 Å². The highest BCUT2D eigenvalue weighted by Gasteiger charge is 2.08. The van der Waals surface area contributed by atoms with Crippen molar-refractivity contribution in [2.75, 3.05) is 5.32 Å². The highest BCUT2D eigenvalue weighted by Crippen LogP contribution is 2.17. The van der Waals surface area contributed by atoms with Gasteiger partial charge in [0.1, 0.15) is 0 Å². The number of nitrogens with one attached hydrogen (secondary N) is 1. The van der Waals surface area contributed by atoms with E-state index < -0.39 is 11.9 Å². The number of carbonyl (C=O) groups is 2. The number of nitrogens with zero attached hydrogens (tertiary/aromatic N) is 2. The van der Waals surface area contributed by atoms with Crippen LogP contribution in [-0.4, -0.2) is 27.2 Å². The first kappa shape index (κ1) is 10.8. The highest BCUT2D eigenvalue weighted by molar-refractivity contribution is 7.82. The fourth-order valence-electron chi connectivity index (χ4n) is 0.663. The lowest BCUT2D eigenvalue weighted by molar-refractivity contribution is -0.138. The first-order valence-electron chi connectivity index (χ1n) is 3.60. The van der Waals surface area contributed by atoms with Gasteiger partial charge in [-0.05, 0) is 12.6 Å². The summed E-state index contributed by atoms with van der Waals surface area (Å²) in [5.41, 5.74) is 0. The number of amides is 1. The molecule has 1 rings (SSSR count). The van der Waals surface area contributed by atoms with Gasteiger partial charge in [-0.1, -0.05) is 11.3 Å². The number of carbonyl (C=O) groups excluding carboxylic acids is 1. The van der Waals surface area contributed by atoms with Crippen molar-refractivity contribution in [1.29, 1.82) is 0 Å². The third kappa shape index (κ3) is 3.62. The fraction of sp³-hybridized carbons (Fsp3) is 0.333. The van der Waals surface area contributed by atoms with Crippen molar-refractivity contribution in [3.63, 3.8) is 0 Å². The highest BCUT2D eigenvalue weighted by atomic mass is 32.2. The molecule has 0 bridgehead atoms. The van der Waals surface area contributed by atoms with Crippen LogP contribution in [0, 0.1) is 0 Å². The van der Waals surface area contributed by atoms with E-state index in [-0.39, 0.29) is 12.8 Å². The molecule has 14 heavy (non-hydrogen) atoms. The number of hydrogen-bond acceptors (Lipinski definition) is 5. The van der Waals surface area contributed by atoms with Crippen LogP contribution < -0.4 is 5.32 Å². The Morgan fingerprint density at radius 3 is 2.64 bits per heavy atom. The predicted octanol–water partition coefficient (Wildman–Crippen LogP) is 0.898. The number of carboxylic acids is 1. The number of aromatic nitrogens is 2. The van der Waals surface area contributed by atoms with Crippen LogP contribution in [-0.2, 0) is 9.59 Å². The van der Waals surface area contributed by atoms with Crippen LogP contribution in [0.2, 0.25) is 0 Å².